The summed E-state index contributed by atoms with van der Waals surface area (Å²) in [6, 6.07) is 12.5. The van der Waals surface area contributed by atoms with E-state index < -0.39 is 6.36 Å². The molecule has 5 nitrogen and oxygen atoms in total. The van der Waals surface area contributed by atoms with Crippen LogP contribution in [-0.4, -0.2) is 36.6 Å². The van der Waals surface area contributed by atoms with Gasteiger partial charge in [-0.15, -0.1) is 13.2 Å². The molecule has 0 saturated carbocycles. The maximum Gasteiger partial charge on any atom is 0.573 e. The fourth-order valence-electron chi connectivity index (χ4n) is 2.49. The zero-order valence-electron chi connectivity index (χ0n) is 16.2. The molecule has 0 aromatic heterocycles. The number of Topliss-reactive ketones (excluding diaryl/α,β-unsaturated/α-hetero) is 1. The number of hydrogen-bond acceptors (Lipinski definition) is 4. The second-order valence-electron chi connectivity index (χ2n) is 6.58. The van der Waals surface area contributed by atoms with E-state index in [0.29, 0.717) is 24.2 Å². The molecule has 0 aliphatic rings. The van der Waals surface area contributed by atoms with Crippen LogP contribution in [-0.2, 0) is 22.6 Å². The molecule has 0 atom stereocenters. The van der Waals surface area contributed by atoms with E-state index in [4.69, 9.17) is 4.74 Å². The molecule has 0 radical (unpaired) electrons. The van der Waals surface area contributed by atoms with Crippen LogP contribution >= 0.6 is 0 Å². The predicted octanol–water partition coefficient (Wildman–Crippen LogP) is 4.14. The third-order valence-electron chi connectivity index (χ3n) is 4.05. The summed E-state index contributed by atoms with van der Waals surface area (Å²) in [5.41, 5.74) is 1.67. The summed E-state index contributed by atoms with van der Waals surface area (Å²) < 4.78 is 45.8. The van der Waals surface area contributed by atoms with Gasteiger partial charge in [0.1, 0.15) is 17.3 Å². The Kier molecular flexibility index (Phi) is 7.64. The van der Waals surface area contributed by atoms with Crippen molar-refractivity contribution in [2.24, 2.45) is 0 Å². The Bertz CT molecular complexity index is 817. The first-order valence-electron chi connectivity index (χ1n) is 8.92. The van der Waals surface area contributed by atoms with Crippen molar-refractivity contribution >= 4 is 11.7 Å². The number of nitrogens with zero attached hydrogens (tertiary/aromatic N) is 1. The van der Waals surface area contributed by atoms with Gasteiger partial charge >= 0.3 is 6.36 Å². The molecule has 0 N–H and O–H groups in total. The van der Waals surface area contributed by atoms with Gasteiger partial charge in [-0.1, -0.05) is 24.3 Å². The number of ketones is 1. The van der Waals surface area contributed by atoms with E-state index in [0.717, 1.165) is 5.56 Å². The summed E-state index contributed by atoms with van der Waals surface area (Å²) in [6.07, 6.45) is -3.60. The van der Waals surface area contributed by atoms with Crippen LogP contribution in [0.2, 0.25) is 0 Å². The van der Waals surface area contributed by atoms with Gasteiger partial charge in [0.15, 0.2) is 6.61 Å². The number of rotatable bonds is 9. The van der Waals surface area contributed by atoms with Gasteiger partial charge in [-0.05, 0) is 48.7 Å². The summed E-state index contributed by atoms with van der Waals surface area (Å²) in [4.78, 5) is 24.6. The average Bonchev–Trinajstić information content (AvgIpc) is 2.65. The van der Waals surface area contributed by atoms with Crippen molar-refractivity contribution < 1.29 is 32.2 Å². The smallest absolute Gasteiger partial charge is 0.484 e. The van der Waals surface area contributed by atoms with Crippen molar-refractivity contribution in [2.45, 2.75) is 32.7 Å². The van der Waals surface area contributed by atoms with Gasteiger partial charge in [0, 0.05) is 20.0 Å². The highest BCUT2D eigenvalue weighted by molar-refractivity contribution is 5.77. The van der Waals surface area contributed by atoms with Crippen LogP contribution in [0.5, 0.6) is 11.5 Å². The van der Waals surface area contributed by atoms with Gasteiger partial charge in [0.2, 0.25) is 0 Å². The maximum absolute atomic E-state index is 12.2. The molecule has 1 amide bonds. The van der Waals surface area contributed by atoms with Gasteiger partial charge in [-0.3, -0.25) is 4.79 Å². The molecule has 0 unspecified atom stereocenters. The monoisotopic (exact) mass is 409 g/mol. The van der Waals surface area contributed by atoms with E-state index in [1.807, 2.05) is 12.1 Å². The van der Waals surface area contributed by atoms with Crippen LogP contribution in [0.1, 0.15) is 24.5 Å². The lowest BCUT2D eigenvalue weighted by Crippen LogP contribution is -2.30. The summed E-state index contributed by atoms with van der Waals surface area (Å²) in [7, 11) is 1.58. The highest BCUT2D eigenvalue weighted by Gasteiger charge is 2.30. The number of likely N-dealkylation sites (N-methyl/N-ethyl adjacent to an activating group) is 1. The quantitative estimate of drug-likeness (QED) is 0.625. The third-order valence-corrected chi connectivity index (χ3v) is 4.05. The van der Waals surface area contributed by atoms with E-state index in [-0.39, 0.29) is 30.6 Å². The molecule has 0 saturated heterocycles. The van der Waals surface area contributed by atoms with E-state index in [1.54, 1.807) is 26.1 Å². The fraction of sp³-hybridized carbons (Fsp3) is 0.333. The number of ether oxygens (including phenoxy) is 2. The number of carbonyl (C=O) groups excluding carboxylic acids is 2. The van der Waals surface area contributed by atoms with E-state index in [1.165, 1.54) is 29.2 Å². The Morgan fingerprint density at radius 1 is 0.931 bits per heavy atom. The molecule has 0 aliphatic heterocycles. The third kappa shape index (κ3) is 8.25. The highest BCUT2D eigenvalue weighted by atomic mass is 19.4. The van der Waals surface area contributed by atoms with Crippen LogP contribution < -0.4 is 9.47 Å². The second-order valence-corrected chi connectivity index (χ2v) is 6.58. The zero-order valence-corrected chi connectivity index (χ0v) is 16.2. The Morgan fingerprint density at radius 2 is 1.48 bits per heavy atom. The molecule has 29 heavy (non-hydrogen) atoms. The number of carbonyl (C=O) groups is 2. The Hall–Kier alpha value is -3.03. The Labute approximate surface area is 167 Å². The molecule has 2 aromatic carbocycles. The standard InChI is InChI=1S/C21H22F3NO4/c1-15(26)3-4-16-5-9-18(10-6-16)28-14-20(27)25(2)13-17-7-11-19(12-8-17)29-21(22,23)24/h5-12H,3-4,13-14H2,1-2H3. The molecule has 0 aliphatic carbocycles. The Balaban J connectivity index is 1.80. The number of alkyl halides is 3. The molecule has 0 fully saturated rings. The number of amides is 1. The van der Waals surface area contributed by atoms with Gasteiger partial charge < -0.3 is 19.2 Å². The molecule has 2 aromatic rings. The molecule has 156 valence electrons. The van der Waals surface area contributed by atoms with Gasteiger partial charge in [0.25, 0.3) is 5.91 Å². The Morgan fingerprint density at radius 3 is 2.03 bits per heavy atom. The molecule has 2 rings (SSSR count). The molecule has 0 spiro atoms. The summed E-state index contributed by atoms with van der Waals surface area (Å²) in [6.45, 7) is 1.60. The first-order valence-corrected chi connectivity index (χ1v) is 8.92. The minimum Gasteiger partial charge on any atom is -0.484 e. The van der Waals surface area contributed by atoms with Crippen LogP contribution in [0.25, 0.3) is 0 Å². The van der Waals surface area contributed by atoms with Crippen LogP contribution in [0, 0.1) is 0 Å². The molecule has 0 heterocycles. The number of hydrogen-bond donors (Lipinski definition) is 0. The summed E-state index contributed by atoms with van der Waals surface area (Å²) in [5, 5.41) is 0. The van der Waals surface area contributed by atoms with Gasteiger partial charge in [-0.2, -0.15) is 0 Å². The summed E-state index contributed by atoms with van der Waals surface area (Å²) in [5.74, 6) is 0.0695. The fourth-order valence-corrected chi connectivity index (χ4v) is 2.49. The van der Waals surface area contributed by atoms with Crippen LogP contribution in [0.15, 0.2) is 48.5 Å². The average molecular weight is 409 g/mol. The highest BCUT2D eigenvalue weighted by Crippen LogP contribution is 2.23. The van der Waals surface area contributed by atoms with Crippen LogP contribution in [0.3, 0.4) is 0 Å². The molecular weight excluding hydrogens is 387 g/mol. The van der Waals surface area contributed by atoms with E-state index >= 15 is 0 Å². The molecular formula is C21H22F3NO4. The van der Waals surface area contributed by atoms with Crippen LogP contribution in [0.4, 0.5) is 13.2 Å². The SMILES string of the molecule is CC(=O)CCc1ccc(OCC(=O)N(C)Cc2ccc(OC(F)(F)F)cc2)cc1. The minimum absolute atomic E-state index is 0.126. The van der Waals surface area contributed by atoms with Crippen molar-refractivity contribution in [2.75, 3.05) is 13.7 Å². The lowest BCUT2D eigenvalue weighted by molar-refractivity contribution is -0.274. The van der Waals surface area contributed by atoms with Crippen molar-refractivity contribution in [3.05, 3.63) is 59.7 Å². The van der Waals surface area contributed by atoms with E-state index in [9.17, 15) is 22.8 Å². The topological polar surface area (TPSA) is 55.8 Å². The van der Waals surface area contributed by atoms with Crippen molar-refractivity contribution in [1.82, 2.24) is 4.90 Å². The molecule has 0 bridgehead atoms. The molecule has 8 heteroatoms. The van der Waals surface area contributed by atoms with Crippen molar-refractivity contribution in [1.29, 1.82) is 0 Å². The second kappa shape index (κ2) is 9.95. The number of benzene rings is 2. The lowest BCUT2D eigenvalue weighted by Gasteiger charge is -2.18. The first kappa shape index (κ1) is 22.3. The zero-order chi connectivity index (χ0) is 21.4. The largest absolute Gasteiger partial charge is 0.573 e. The lowest BCUT2D eigenvalue weighted by atomic mass is 10.1. The van der Waals surface area contributed by atoms with Crippen molar-refractivity contribution in [3.8, 4) is 11.5 Å². The van der Waals surface area contributed by atoms with Crippen molar-refractivity contribution in [3.63, 3.8) is 0 Å². The summed E-state index contributed by atoms with van der Waals surface area (Å²) >= 11 is 0. The van der Waals surface area contributed by atoms with Gasteiger partial charge in [0.05, 0.1) is 0 Å². The maximum atomic E-state index is 12.2. The number of aryl methyl sites for hydroxylation is 1. The minimum atomic E-state index is -4.74. The van der Waals surface area contributed by atoms with Gasteiger partial charge in [-0.25, -0.2) is 0 Å². The predicted molar refractivity (Wildman–Crippen MR) is 101 cm³/mol. The number of halogens is 3. The normalized spacial score (nSPS) is 11.1. The first-order chi connectivity index (χ1) is 13.6. The van der Waals surface area contributed by atoms with E-state index in [2.05, 4.69) is 4.74 Å².